The summed E-state index contributed by atoms with van der Waals surface area (Å²) >= 11 is 0. The van der Waals surface area contributed by atoms with Gasteiger partial charge in [-0.15, -0.1) is 0 Å². The van der Waals surface area contributed by atoms with Crippen molar-refractivity contribution in [2.45, 2.75) is 18.9 Å². The van der Waals surface area contributed by atoms with E-state index in [-0.39, 0.29) is 59.1 Å². The van der Waals surface area contributed by atoms with E-state index >= 15 is 0 Å². The molecule has 0 spiro atoms. The summed E-state index contributed by atoms with van der Waals surface area (Å²) in [7, 11) is 0. The Labute approximate surface area is 158 Å². The molecular weight excluding hydrogens is 296 g/mol. The molecular formula is C9H11NNa2O8. The molecule has 20 heavy (non-hydrogen) atoms. The molecule has 0 bridgehead atoms. The van der Waals surface area contributed by atoms with E-state index in [2.05, 4.69) is 0 Å². The molecule has 9 nitrogen and oxygen atoms in total. The normalized spacial score (nSPS) is 10.8. The monoisotopic (exact) mass is 307 g/mol. The predicted octanol–water partition coefficient (Wildman–Crippen LogP) is -9.89. The van der Waals surface area contributed by atoms with Crippen molar-refractivity contribution in [1.29, 1.82) is 0 Å². The van der Waals surface area contributed by atoms with Gasteiger partial charge < -0.3 is 30.0 Å². The number of nitrogens with zero attached hydrogens (tertiary/aromatic N) is 1. The second-order valence-electron chi connectivity index (χ2n) is 3.44. The second kappa shape index (κ2) is 12.6. The van der Waals surface area contributed by atoms with Crippen LogP contribution in [-0.2, 0) is 19.2 Å². The van der Waals surface area contributed by atoms with Gasteiger partial charge in [-0.25, -0.2) is 0 Å². The molecule has 0 aromatic rings. The van der Waals surface area contributed by atoms with Crippen LogP contribution in [-0.4, -0.2) is 58.1 Å². The maximum absolute atomic E-state index is 10.9. The standard InChI is InChI=1S/C9H13NO8.2Na/c11-6(12)2-1-5(9(17)18)10(3-7(13)14)4-8(15)16;;/h5H,1-4H2,(H,11,12)(H,13,14)(H,15,16)(H,17,18);;/q;2*+1/p-2/t5-;;/m0../s1. The summed E-state index contributed by atoms with van der Waals surface area (Å²) in [6, 6.07) is -1.54. The molecule has 0 aliphatic carbocycles. The topological polar surface area (TPSA) is 158 Å². The van der Waals surface area contributed by atoms with E-state index in [0.29, 0.717) is 4.90 Å². The summed E-state index contributed by atoms with van der Waals surface area (Å²) in [5.74, 6) is -6.13. The van der Waals surface area contributed by atoms with E-state index < -0.39 is 55.9 Å². The van der Waals surface area contributed by atoms with Crippen LogP contribution in [0.3, 0.4) is 0 Å². The van der Waals surface area contributed by atoms with Crippen LogP contribution < -0.4 is 69.3 Å². The van der Waals surface area contributed by atoms with Gasteiger partial charge in [0.15, 0.2) is 0 Å². The predicted molar refractivity (Wildman–Crippen MR) is 49.9 cm³/mol. The molecule has 2 N–H and O–H groups in total. The summed E-state index contributed by atoms with van der Waals surface area (Å²) in [5, 5.41) is 38.0. The molecule has 0 aromatic carbocycles. The van der Waals surface area contributed by atoms with E-state index in [9.17, 15) is 29.4 Å². The van der Waals surface area contributed by atoms with Gasteiger partial charge in [0, 0.05) is 19.5 Å². The molecule has 0 rings (SSSR count). The van der Waals surface area contributed by atoms with Crippen LogP contribution in [0.5, 0.6) is 0 Å². The van der Waals surface area contributed by atoms with Gasteiger partial charge in [0.1, 0.15) is 6.04 Å². The molecule has 11 heteroatoms. The maximum Gasteiger partial charge on any atom is 1.00 e. The largest absolute Gasteiger partial charge is 1.00 e. The van der Waals surface area contributed by atoms with Gasteiger partial charge >= 0.3 is 71.1 Å². The third kappa shape index (κ3) is 11.6. The van der Waals surface area contributed by atoms with Gasteiger partial charge in [0.25, 0.3) is 0 Å². The van der Waals surface area contributed by atoms with Crippen molar-refractivity contribution in [3.05, 3.63) is 0 Å². The molecule has 0 radical (unpaired) electrons. The van der Waals surface area contributed by atoms with Gasteiger partial charge in [0.2, 0.25) is 0 Å². The van der Waals surface area contributed by atoms with Crippen LogP contribution in [0, 0.1) is 0 Å². The van der Waals surface area contributed by atoms with Gasteiger partial charge in [0.05, 0.1) is 11.9 Å². The summed E-state index contributed by atoms with van der Waals surface area (Å²) in [6.07, 6.45) is -0.960. The Morgan fingerprint density at radius 3 is 1.60 bits per heavy atom. The maximum atomic E-state index is 10.9. The molecule has 1 atom stereocenters. The Kier molecular flexibility index (Phi) is 15.6. The molecule has 0 unspecified atom stereocenters. The zero-order valence-electron chi connectivity index (χ0n) is 11.2. The molecule has 0 aromatic heterocycles. The fourth-order valence-corrected chi connectivity index (χ4v) is 1.33. The molecule has 0 amide bonds. The third-order valence-electron chi connectivity index (χ3n) is 2.02. The Morgan fingerprint density at radius 2 is 1.35 bits per heavy atom. The smallest absolute Gasteiger partial charge is 0.549 e. The van der Waals surface area contributed by atoms with Gasteiger partial charge in [-0.2, -0.15) is 0 Å². The zero-order valence-corrected chi connectivity index (χ0v) is 15.2. The third-order valence-corrected chi connectivity index (χ3v) is 2.02. The van der Waals surface area contributed by atoms with Crippen molar-refractivity contribution >= 4 is 23.9 Å². The van der Waals surface area contributed by atoms with Crippen molar-refractivity contribution in [3.8, 4) is 0 Å². The van der Waals surface area contributed by atoms with Crippen molar-refractivity contribution < 1.29 is 98.7 Å². The van der Waals surface area contributed by atoms with Crippen LogP contribution in [0.1, 0.15) is 12.8 Å². The van der Waals surface area contributed by atoms with E-state index in [1.54, 1.807) is 0 Å². The first-order valence-corrected chi connectivity index (χ1v) is 4.82. The van der Waals surface area contributed by atoms with E-state index in [1.165, 1.54) is 0 Å². The van der Waals surface area contributed by atoms with Crippen LogP contribution in [0.15, 0.2) is 0 Å². The number of hydrogen-bond acceptors (Lipinski definition) is 7. The number of carboxylic acids is 4. The van der Waals surface area contributed by atoms with Crippen molar-refractivity contribution in [2.24, 2.45) is 0 Å². The fraction of sp³-hybridized carbons (Fsp3) is 0.556. The molecule has 0 heterocycles. The van der Waals surface area contributed by atoms with Crippen molar-refractivity contribution in [3.63, 3.8) is 0 Å². The first-order valence-electron chi connectivity index (χ1n) is 4.82. The average molecular weight is 307 g/mol. The molecule has 0 saturated carbocycles. The Morgan fingerprint density at radius 1 is 0.950 bits per heavy atom. The van der Waals surface area contributed by atoms with Gasteiger partial charge in [-0.3, -0.25) is 14.5 Å². The SMILES string of the molecule is O=C([O-])CN(CC(=O)[O-])[C@@H](CCC(=O)O)C(=O)O.[Na+].[Na+]. The zero-order chi connectivity index (χ0) is 14.3. The van der Waals surface area contributed by atoms with E-state index in [1.807, 2.05) is 0 Å². The summed E-state index contributed by atoms with van der Waals surface area (Å²) in [6.45, 7) is -1.88. The minimum absolute atomic E-state index is 0. The Hall–Kier alpha value is -0.160. The first-order chi connectivity index (χ1) is 8.23. The Balaban J connectivity index is -0.00000144. The number of carbonyl (C=O) groups excluding carboxylic acids is 2. The number of aliphatic carboxylic acids is 4. The first kappa shape index (κ1) is 24.8. The minimum Gasteiger partial charge on any atom is -0.549 e. The van der Waals surface area contributed by atoms with Crippen LogP contribution in [0.25, 0.3) is 0 Å². The van der Waals surface area contributed by atoms with Crippen LogP contribution >= 0.6 is 0 Å². The molecule has 0 fully saturated rings. The van der Waals surface area contributed by atoms with Crippen molar-refractivity contribution in [1.82, 2.24) is 4.90 Å². The number of hydrogen-bond donors (Lipinski definition) is 2. The Bertz CT molecular complexity index is 346. The van der Waals surface area contributed by atoms with Gasteiger partial charge in [-0.05, 0) is 6.42 Å². The van der Waals surface area contributed by atoms with E-state index in [0.717, 1.165) is 0 Å². The van der Waals surface area contributed by atoms with Gasteiger partial charge in [-0.1, -0.05) is 0 Å². The molecule has 0 saturated heterocycles. The summed E-state index contributed by atoms with van der Waals surface area (Å²) < 4.78 is 0. The number of carbonyl (C=O) groups is 4. The van der Waals surface area contributed by atoms with Crippen molar-refractivity contribution in [2.75, 3.05) is 13.1 Å². The van der Waals surface area contributed by atoms with Crippen LogP contribution in [0.2, 0.25) is 0 Å². The fourth-order valence-electron chi connectivity index (χ4n) is 1.33. The summed E-state index contributed by atoms with van der Waals surface area (Å²) in [5.41, 5.74) is 0. The molecule has 0 aliphatic rings. The quantitative estimate of drug-likeness (QED) is 0.394. The second-order valence-corrected chi connectivity index (χ2v) is 3.44. The minimum atomic E-state index is -1.67. The van der Waals surface area contributed by atoms with E-state index in [4.69, 9.17) is 10.2 Å². The molecule has 0 aliphatic heterocycles. The summed E-state index contributed by atoms with van der Waals surface area (Å²) in [4.78, 5) is 42.5. The van der Waals surface area contributed by atoms with Crippen LogP contribution in [0.4, 0.5) is 0 Å². The number of rotatable bonds is 9. The number of carboxylic acid groups (broad SMARTS) is 4. The average Bonchev–Trinajstić information content (AvgIpc) is 2.14. The molecule has 102 valence electrons.